The number of aromatic hydroxyl groups is 1. The minimum atomic E-state index is -0.771. The molecule has 0 aliphatic heterocycles. The first-order valence-corrected chi connectivity index (χ1v) is 4.89. The van der Waals surface area contributed by atoms with E-state index in [0.29, 0.717) is 10.8 Å². The van der Waals surface area contributed by atoms with Gasteiger partial charge in [-0.05, 0) is 6.07 Å². The molecule has 1 N–H and O–H groups in total. The van der Waals surface area contributed by atoms with Crippen LogP contribution in [0.25, 0.3) is 10.8 Å². The molecule has 1 heterocycles. The van der Waals surface area contributed by atoms with Crippen molar-refractivity contribution in [2.45, 2.75) is 0 Å². The number of pyridine rings is 1. The molecule has 0 saturated heterocycles. The van der Waals surface area contributed by atoms with Gasteiger partial charge in [0.2, 0.25) is 0 Å². The quantitative estimate of drug-likeness (QED) is 0.492. The Balaban J connectivity index is 2.66. The number of fused-ring (bicyclic) bond motifs is 1. The van der Waals surface area contributed by atoms with Gasteiger partial charge in [0.25, 0.3) is 5.69 Å². The number of esters is 1. The van der Waals surface area contributed by atoms with Crippen LogP contribution in [0.5, 0.6) is 5.75 Å². The van der Waals surface area contributed by atoms with Gasteiger partial charge in [0, 0.05) is 29.1 Å². The Bertz CT molecular complexity index is 653. The third kappa shape index (κ3) is 1.81. The maximum absolute atomic E-state index is 11.3. The zero-order valence-corrected chi connectivity index (χ0v) is 9.28. The third-order valence-corrected chi connectivity index (χ3v) is 2.44. The van der Waals surface area contributed by atoms with Crippen LogP contribution < -0.4 is 0 Å². The average molecular weight is 248 g/mol. The Hall–Kier alpha value is -2.70. The topological polar surface area (TPSA) is 103 Å². The van der Waals surface area contributed by atoms with Gasteiger partial charge >= 0.3 is 5.97 Å². The van der Waals surface area contributed by atoms with E-state index in [1.165, 1.54) is 31.5 Å². The summed E-state index contributed by atoms with van der Waals surface area (Å²) in [6, 6.07) is 3.86. The van der Waals surface area contributed by atoms with Crippen molar-refractivity contribution in [3.05, 3.63) is 40.2 Å². The van der Waals surface area contributed by atoms with E-state index >= 15 is 0 Å². The zero-order valence-electron chi connectivity index (χ0n) is 9.28. The third-order valence-electron chi connectivity index (χ3n) is 2.44. The lowest BCUT2D eigenvalue weighted by Crippen LogP contribution is -2.04. The molecule has 2 aromatic rings. The summed E-state index contributed by atoms with van der Waals surface area (Å²) in [7, 11) is 1.17. The number of carbonyl (C=O) groups is 1. The summed E-state index contributed by atoms with van der Waals surface area (Å²) in [5, 5.41) is 21.1. The molecule has 0 radical (unpaired) electrons. The minimum Gasteiger partial charge on any atom is -0.505 e. The van der Waals surface area contributed by atoms with Gasteiger partial charge in [-0.15, -0.1) is 0 Å². The second kappa shape index (κ2) is 4.28. The van der Waals surface area contributed by atoms with Crippen LogP contribution in [0.4, 0.5) is 5.69 Å². The standard InChI is InChI=1S/C11H8N2O5/c1-18-11(15)9-10(14)8-3-2-7(13(16)17)4-6(8)5-12-9/h2-5,14H,1H3. The maximum atomic E-state index is 11.3. The Labute approximate surface area is 101 Å². The van der Waals surface area contributed by atoms with Crippen molar-refractivity contribution < 1.29 is 19.6 Å². The Morgan fingerprint density at radius 3 is 2.83 bits per heavy atom. The van der Waals surface area contributed by atoms with Gasteiger partial charge in [-0.2, -0.15) is 0 Å². The number of nitro benzene ring substituents is 1. The molecule has 0 fully saturated rings. The van der Waals surface area contributed by atoms with Crippen LogP contribution >= 0.6 is 0 Å². The highest BCUT2D eigenvalue weighted by Gasteiger charge is 2.17. The summed E-state index contributed by atoms with van der Waals surface area (Å²) in [6.07, 6.45) is 1.27. The molecule has 0 aliphatic carbocycles. The number of benzene rings is 1. The minimum absolute atomic E-state index is 0.116. The van der Waals surface area contributed by atoms with Gasteiger partial charge in [-0.1, -0.05) is 0 Å². The Kier molecular flexibility index (Phi) is 2.80. The highest BCUT2D eigenvalue weighted by Crippen LogP contribution is 2.29. The second-order valence-electron chi connectivity index (χ2n) is 3.48. The number of non-ortho nitro benzene ring substituents is 1. The first-order valence-electron chi connectivity index (χ1n) is 4.89. The predicted molar refractivity (Wildman–Crippen MR) is 61.4 cm³/mol. The second-order valence-corrected chi connectivity index (χ2v) is 3.48. The molecule has 1 aromatic carbocycles. The smallest absolute Gasteiger partial charge is 0.360 e. The highest BCUT2D eigenvalue weighted by atomic mass is 16.6. The van der Waals surface area contributed by atoms with Crippen LogP contribution in [0.2, 0.25) is 0 Å². The number of methoxy groups -OCH3 is 1. The number of hydrogen-bond donors (Lipinski definition) is 1. The van der Waals surface area contributed by atoms with Gasteiger partial charge < -0.3 is 9.84 Å². The first kappa shape index (κ1) is 11.8. The first-order chi connectivity index (χ1) is 8.54. The van der Waals surface area contributed by atoms with E-state index in [1.807, 2.05) is 0 Å². The van der Waals surface area contributed by atoms with Gasteiger partial charge in [-0.3, -0.25) is 10.1 Å². The lowest BCUT2D eigenvalue weighted by atomic mass is 10.1. The van der Waals surface area contributed by atoms with Gasteiger partial charge in [0.1, 0.15) is 0 Å². The van der Waals surface area contributed by atoms with E-state index in [9.17, 15) is 20.0 Å². The van der Waals surface area contributed by atoms with Crippen molar-refractivity contribution >= 4 is 22.4 Å². The summed E-state index contributed by atoms with van der Waals surface area (Å²) in [5.74, 6) is -1.12. The highest BCUT2D eigenvalue weighted by molar-refractivity contribution is 5.99. The van der Waals surface area contributed by atoms with Crippen LogP contribution in [0.1, 0.15) is 10.5 Å². The van der Waals surface area contributed by atoms with Crippen molar-refractivity contribution in [1.82, 2.24) is 4.98 Å². The largest absolute Gasteiger partial charge is 0.505 e. The molecule has 0 atom stereocenters. The number of aromatic nitrogens is 1. The van der Waals surface area contributed by atoms with Crippen LogP contribution in [0, 0.1) is 10.1 Å². The molecule has 0 saturated carbocycles. The zero-order chi connectivity index (χ0) is 13.3. The van der Waals surface area contributed by atoms with Crippen LogP contribution in [0.3, 0.4) is 0 Å². The molecular weight excluding hydrogens is 240 g/mol. The van der Waals surface area contributed by atoms with E-state index < -0.39 is 10.9 Å². The number of ether oxygens (including phenoxy) is 1. The fourth-order valence-corrected chi connectivity index (χ4v) is 1.55. The van der Waals surface area contributed by atoms with Crippen LogP contribution in [-0.2, 0) is 4.74 Å². The Morgan fingerprint density at radius 1 is 1.50 bits per heavy atom. The number of rotatable bonds is 2. The van der Waals surface area contributed by atoms with E-state index in [4.69, 9.17) is 0 Å². The van der Waals surface area contributed by atoms with Gasteiger partial charge in [0.05, 0.1) is 12.0 Å². The molecule has 0 spiro atoms. The molecular formula is C11H8N2O5. The fourth-order valence-electron chi connectivity index (χ4n) is 1.55. The summed E-state index contributed by atoms with van der Waals surface area (Å²) < 4.78 is 4.46. The molecule has 7 nitrogen and oxygen atoms in total. The summed E-state index contributed by atoms with van der Waals surface area (Å²) in [5.41, 5.74) is -0.339. The summed E-state index contributed by atoms with van der Waals surface area (Å²) >= 11 is 0. The van der Waals surface area contributed by atoms with Crippen molar-refractivity contribution in [2.75, 3.05) is 7.11 Å². The molecule has 18 heavy (non-hydrogen) atoms. The normalized spacial score (nSPS) is 10.3. The lowest BCUT2D eigenvalue weighted by molar-refractivity contribution is -0.384. The monoisotopic (exact) mass is 248 g/mol. The molecule has 0 amide bonds. The predicted octanol–water partition coefficient (Wildman–Crippen LogP) is 1.64. The summed E-state index contributed by atoms with van der Waals surface area (Å²) in [6.45, 7) is 0. The number of hydrogen-bond acceptors (Lipinski definition) is 6. The summed E-state index contributed by atoms with van der Waals surface area (Å²) in [4.78, 5) is 25.1. The number of carbonyl (C=O) groups excluding carboxylic acids is 1. The number of nitro groups is 1. The molecule has 1 aromatic heterocycles. The molecule has 0 unspecified atom stereocenters. The van der Waals surface area contributed by atoms with Crippen molar-refractivity contribution in [3.8, 4) is 5.75 Å². The van der Waals surface area contributed by atoms with Gasteiger partial charge in [0.15, 0.2) is 11.4 Å². The molecule has 7 heteroatoms. The molecule has 92 valence electrons. The maximum Gasteiger partial charge on any atom is 0.360 e. The van der Waals surface area contributed by atoms with Gasteiger partial charge in [-0.25, -0.2) is 9.78 Å². The average Bonchev–Trinajstić information content (AvgIpc) is 2.37. The lowest BCUT2D eigenvalue weighted by Gasteiger charge is -2.05. The molecule has 0 bridgehead atoms. The molecule has 2 rings (SSSR count). The van der Waals surface area contributed by atoms with E-state index in [-0.39, 0.29) is 17.1 Å². The van der Waals surface area contributed by atoms with E-state index in [1.54, 1.807) is 0 Å². The Morgan fingerprint density at radius 2 is 2.22 bits per heavy atom. The fraction of sp³-hybridized carbons (Fsp3) is 0.0909. The van der Waals surface area contributed by atoms with Crippen LogP contribution in [-0.4, -0.2) is 28.1 Å². The SMILES string of the molecule is COC(=O)c1ncc2cc([N+](=O)[O-])ccc2c1O. The number of nitrogens with zero attached hydrogens (tertiary/aromatic N) is 2. The molecule has 0 aliphatic rings. The van der Waals surface area contributed by atoms with Crippen molar-refractivity contribution in [1.29, 1.82) is 0 Å². The van der Waals surface area contributed by atoms with Crippen molar-refractivity contribution in [3.63, 3.8) is 0 Å². The van der Waals surface area contributed by atoms with Crippen LogP contribution in [0.15, 0.2) is 24.4 Å². The van der Waals surface area contributed by atoms with E-state index in [0.717, 1.165) is 0 Å². The van der Waals surface area contributed by atoms with Crippen molar-refractivity contribution in [2.24, 2.45) is 0 Å². The van der Waals surface area contributed by atoms with E-state index in [2.05, 4.69) is 9.72 Å².